The van der Waals surface area contributed by atoms with Crippen molar-refractivity contribution in [2.45, 2.75) is 37.8 Å². The molecule has 1 aliphatic carbocycles. The summed E-state index contributed by atoms with van der Waals surface area (Å²) in [5.41, 5.74) is 2.03. The van der Waals surface area contributed by atoms with E-state index in [0.717, 1.165) is 11.1 Å². The molecule has 1 saturated carbocycles. The number of nitrogens with zero attached hydrogens (tertiary/aromatic N) is 2. The smallest absolute Gasteiger partial charge is 0.220 e. The second-order valence-electron chi connectivity index (χ2n) is 6.42. The quantitative estimate of drug-likeness (QED) is 0.805. The number of carbonyl (C=O) groups is 1. The number of aliphatic hydroxyl groups excluding tert-OH is 1. The summed E-state index contributed by atoms with van der Waals surface area (Å²) in [4.78, 5) is 20.6. The lowest BCUT2D eigenvalue weighted by Crippen LogP contribution is -2.41. The van der Waals surface area contributed by atoms with Gasteiger partial charge in [-0.25, -0.2) is 4.98 Å². The lowest BCUT2D eigenvalue weighted by atomic mass is 9.75. The topological polar surface area (TPSA) is 84.3 Å². The molecule has 6 nitrogen and oxygen atoms in total. The minimum atomic E-state index is -0.271. The maximum Gasteiger partial charge on any atom is 0.220 e. The van der Waals surface area contributed by atoms with Crippen molar-refractivity contribution >= 4 is 5.91 Å². The highest BCUT2D eigenvalue weighted by atomic mass is 16.5. The van der Waals surface area contributed by atoms with Crippen molar-refractivity contribution in [3.05, 3.63) is 54.0 Å². The van der Waals surface area contributed by atoms with E-state index in [1.165, 1.54) is 0 Å². The van der Waals surface area contributed by atoms with E-state index >= 15 is 0 Å². The Bertz CT molecular complexity index is 685. The molecule has 6 heteroatoms. The first-order valence-electron chi connectivity index (χ1n) is 8.52. The summed E-state index contributed by atoms with van der Waals surface area (Å²) in [5.74, 6) is 0.772. The molecule has 0 aliphatic heterocycles. The van der Waals surface area contributed by atoms with Crippen LogP contribution in [0.1, 0.15) is 36.4 Å². The van der Waals surface area contributed by atoms with Gasteiger partial charge in [-0.3, -0.25) is 9.78 Å². The summed E-state index contributed by atoms with van der Waals surface area (Å²) in [6, 6.07) is 7.41. The van der Waals surface area contributed by atoms with E-state index in [2.05, 4.69) is 15.3 Å². The number of hydrogen-bond acceptors (Lipinski definition) is 5. The molecule has 0 radical (unpaired) electrons. The molecule has 1 fully saturated rings. The highest BCUT2D eigenvalue weighted by Crippen LogP contribution is 2.38. The van der Waals surface area contributed by atoms with Gasteiger partial charge in [0, 0.05) is 31.1 Å². The van der Waals surface area contributed by atoms with Crippen molar-refractivity contribution in [1.29, 1.82) is 0 Å². The number of pyridine rings is 2. The Kier molecular flexibility index (Phi) is 5.60. The van der Waals surface area contributed by atoms with E-state index in [9.17, 15) is 9.90 Å². The van der Waals surface area contributed by atoms with Gasteiger partial charge >= 0.3 is 0 Å². The number of aliphatic hydroxyl groups is 1. The summed E-state index contributed by atoms with van der Waals surface area (Å²) in [6.07, 6.45) is 7.41. The number of rotatable bonds is 7. The van der Waals surface area contributed by atoms with Crippen LogP contribution in [0.4, 0.5) is 0 Å². The van der Waals surface area contributed by atoms with Gasteiger partial charge in [-0.1, -0.05) is 6.07 Å². The molecule has 3 rings (SSSR count). The van der Waals surface area contributed by atoms with Crippen LogP contribution in [0.3, 0.4) is 0 Å². The number of nitrogens with one attached hydrogen (secondary N) is 1. The van der Waals surface area contributed by atoms with Crippen LogP contribution in [0.15, 0.2) is 42.9 Å². The van der Waals surface area contributed by atoms with Gasteiger partial charge in [0.1, 0.15) is 0 Å². The van der Waals surface area contributed by atoms with E-state index < -0.39 is 0 Å². The zero-order valence-corrected chi connectivity index (χ0v) is 14.3. The fourth-order valence-electron chi connectivity index (χ4n) is 3.12. The highest BCUT2D eigenvalue weighted by Gasteiger charge is 2.35. The Labute approximate surface area is 147 Å². The van der Waals surface area contributed by atoms with Gasteiger partial charge in [0.2, 0.25) is 11.8 Å². The molecule has 2 aromatic heterocycles. The molecule has 0 spiro atoms. The molecule has 0 bridgehead atoms. The molecule has 0 unspecified atom stereocenters. The summed E-state index contributed by atoms with van der Waals surface area (Å²) < 4.78 is 5.09. The van der Waals surface area contributed by atoms with Crippen LogP contribution >= 0.6 is 0 Å². The average Bonchev–Trinajstić information content (AvgIpc) is 2.63. The maximum absolute atomic E-state index is 12.4. The van der Waals surface area contributed by atoms with Crippen LogP contribution in [0.2, 0.25) is 0 Å². The van der Waals surface area contributed by atoms with Crippen molar-refractivity contribution < 1.29 is 14.6 Å². The molecule has 0 aromatic carbocycles. The number of methoxy groups -OCH3 is 1. The van der Waals surface area contributed by atoms with Crippen molar-refractivity contribution in [3.8, 4) is 5.88 Å². The summed E-state index contributed by atoms with van der Waals surface area (Å²) >= 11 is 0. The normalized spacial score (nSPS) is 20.4. The third-order valence-corrected chi connectivity index (χ3v) is 4.66. The molecule has 0 saturated heterocycles. The largest absolute Gasteiger partial charge is 0.481 e. The minimum absolute atomic E-state index is 0.000907. The van der Waals surface area contributed by atoms with E-state index in [0.29, 0.717) is 31.6 Å². The summed E-state index contributed by atoms with van der Waals surface area (Å²) in [7, 11) is 1.57. The Morgan fingerprint density at radius 3 is 2.68 bits per heavy atom. The maximum atomic E-state index is 12.4. The van der Waals surface area contributed by atoms with Gasteiger partial charge in [-0.05, 0) is 48.4 Å². The van der Waals surface area contributed by atoms with E-state index in [1.807, 2.05) is 18.2 Å². The number of aromatic nitrogens is 2. The number of ether oxygens (including phenoxy) is 1. The highest BCUT2D eigenvalue weighted by molar-refractivity contribution is 5.76. The molecule has 2 N–H and O–H groups in total. The molecule has 132 valence electrons. The first kappa shape index (κ1) is 17.4. The second-order valence-corrected chi connectivity index (χ2v) is 6.42. The second kappa shape index (κ2) is 8.07. The lowest BCUT2D eigenvalue weighted by molar-refractivity contribution is -0.123. The van der Waals surface area contributed by atoms with Crippen LogP contribution < -0.4 is 10.1 Å². The third kappa shape index (κ3) is 4.54. The molecular weight excluding hydrogens is 318 g/mol. The summed E-state index contributed by atoms with van der Waals surface area (Å²) in [6.45, 7) is 0. The van der Waals surface area contributed by atoms with Crippen LogP contribution in [0.25, 0.3) is 0 Å². The Morgan fingerprint density at radius 2 is 2.08 bits per heavy atom. The van der Waals surface area contributed by atoms with Crippen molar-refractivity contribution in [3.63, 3.8) is 0 Å². The fourth-order valence-corrected chi connectivity index (χ4v) is 3.12. The van der Waals surface area contributed by atoms with E-state index in [-0.39, 0.29) is 24.0 Å². The molecule has 25 heavy (non-hydrogen) atoms. The molecule has 1 aliphatic rings. The molecular formula is C19H23N3O3. The van der Waals surface area contributed by atoms with Gasteiger partial charge in [0.05, 0.1) is 19.3 Å². The van der Waals surface area contributed by atoms with Crippen molar-refractivity contribution in [2.24, 2.45) is 5.92 Å². The van der Waals surface area contributed by atoms with Gasteiger partial charge in [-0.15, -0.1) is 0 Å². The predicted octanol–water partition coefficient (Wildman–Crippen LogP) is 2.05. The average molecular weight is 341 g/mol. The number of hydrogen-bond donors (Lipinski definition) is 2. The van der Waals surface area contributed by atoms with Crippen LogP contribution in [0.5, 0.6) is 5.88 Å². The minimum Gasteiger partial charge on any atom is -0.481 e. The lowest BCUT2D eigenvalue weighted by Gasteiger charge is -2.38. The standard InChI is InChI=1S/C19H23N3O3/c1-25-18-5-3-14(12-21-18)19(15-10-16(23)11-15)22-17(24)4-2-13-6-8-20-9-7-13/h3,5-9,12,15-16,19,23H,2,4,10-11H2,1H3,(H,22,24)/t15?,16?,19-/m1/s1. The molecule has 1 amide bonds. The molecule has 1 atom stereocenters. The van der Waals surface area contributed by atoms with E-state index in [4.69, 9.17) is 4.74 Å². The molecule has 2 aromatic rings. The van der Waals surface area contributed by atoms with Gasteiger partial charge < -0.3 is 15.2 Å². The van der Waals surface area contributed by atoms with E-state index in [1.54, 1.807) is 31.8 Å². The Balaban J connectivity index is 1.63. The van der Waals surface area contributed by atoms with Crippen molar-refractivity contribution in [2.75, 3.05) is 7.11 Å². The fraction of sp³-hybridized carbons (Fsp3) is 0.421. The SMILES string of the molecule is COc1ccc([C@@H](NC(=O)CCc2ccncc2)C2CC(O)C2)cn1. The van der Waals surface area contributed by atoms with Gasteiger partial charge in [0.15, 0.2) is 0 Å². The van der Waals surface area contributed by atoms with Crippen LogP contribution in [-0.2, 0) is 11.2 Å². The van der Waals surface area contributed by atoms with Crippen LogP contribution in [-0.4, -0.2) is 34.2 Å². The third-order valence-electron chi connectivity index (χ3n) is 4.66. The van der Waals surface area contributed by atoms with Crippen molar-refractivity contribution in [1.82, 2.24) is 15.3 Å². The number of amides is 1. The summed E-state index contributed by atoms with van der Waals surface area (Å²) in [5, 5.41) is 12.7. The van der Waals surface area contributed by atoms with Gasteiger partial charge in [-0.2, -0.15) is 0 Å². The van der Waals surface area contributed by atoms with Crippen LogP contribution in [0, 0.1) is 5.92 Å². The monoisotopic (exact) mass is 341 g/mol. The Hall–Kier alpha value is -2.47. The first-order chi connectivity index (χ1) is 12.2. The first-order valence-corrected chi connectivity index (χ1v) is 8.52. The van der Waals surface area contributed by atoms with Gasteiger partial charge in [0.25, 0.3) is 0 Å². The Morgan fingerprint density at radius 1 is 1.32 bits per heavy atom. The predicted molar refractivity (Wildman–Crippen MR) is 93.0 cm³/mol. The zero-order valence-electron chi connectivity index (χ0n) is 14.3. The number of carbonyl (C=O) groups excluding carboxylic acids is 1. The number of aryl methyl sites for hydroxylation is 1. The zero-order chi connectivity index (χ0) is 17.6. The molecule has 2 heterocycles.